The summed E-state index contributed by atoms with van der Waals surface area (Å²) in [4.78, 5) is 16.1. The van der Waals surface area contributed by atoms with Gasteiger partial charge in [-0.25, -0.2) is 4.98 Å². The lowest BCUT2D eigenvalue weighted by Crippen LogP contribution is -2.25. The van der Waals surface area contributed by atoms with Crippen LogP contribution in [0.1, 0.15) is 5.56 Å². The Kier molecular flexibility index (Phi) is 5.42. The summed E-state index contributed by atoms with van der Waals surface area (Å²) in [6.45, 7) is 0.262. The average molecular weight is 357 g/mol. The first kappa shape index (κ1) is 16.4. The fourth-order valence-electron chi connectivity index (χ4n) is 1.94. The van der Waals surface area contributed by atoms with Crippen LogP contribution in [0.4, 0.5) is 0 Å². The van der Waals surface area contributed by atoms with Crippen molar-refractivity contribution in [3.8, 4) is 11.8 Å². The summed E-state index contributed by atoms with van der Waals surface area (Å²) in [6, 6.07) is 14.8. The van der Waals surface area contributed by atoms with Gasteiger partial charge in [-0.2, -0.15) is 0 Å². The second-order valence-corrected chi connectivity index (χ2v) is 6.13. The van der Waals surface area contributed by atoms with E-state index in [0.717, 1.165) is 11.1 Å². The summed E-state index contributed by atoms with van der Waals surface area (Å²) < 4.78 is 5.54. The van der Waals surface area contributed by atoms with Gasteiger partial charge in [0.2, 0.25) is 5.91 Å². The van der Waals surface area contributed by atoms with E-state index >= 15 is 0 Å². The molecular weight excluding hydrogens is 344 g/mol. The molecule has 1 heterocycles. The van der Waals surface area contributed by atoms with Gasteiger partial charge in [0.15, 0.2) is 5.58 Å². The first-order valence-electron chi connectivity index (χ1n) is 7.21. The summed E-state index contributed by atoms with van der Waals surface area (Å²) in [7, 11) is 0. The number of nitrogens with zero attached hydrogens (tertiary/aromatic N) is 1. The Hall–Kier alpha value is -2.42. The maximum atomic E-state index is 11.8. The number of carbonyl (C=O) groups is 1. The van der Waals surface area contributed by atoms with Crippen LogP contribution in [0.5, 0.6) is 0 Å². The maximum Gasteiger partial charge on any atom is 0.257 e. The standard InChI is InChI=1S/C18H13ClN2O2S/c19-14-8-2-1-6-13(14)7-5-11-20-17(22)12-24-18-21-15-9-3-4-10-16(15)23-18/h1-4,6,8-10H,11-12H2,(H,20,22). The number of thioether (sulfide) groups is 1. The van der Waals surface area contributed by atoms with Crippen LogP contribution in [0.15, 0.2) is 58.2 Å². The van der Waals surface area contributed by atoms with Crippen molar-refractivity contribution in [2.45, 2.75) is 5.22 Å². The highest BCUT2D eigenvalue weighted by Gasteiger charge is 2.08. The predicted molar refractivity (Wildman–Crippen MR) is 96.1 cm³/mol. The molecule has 24 heavy (non-hydrogen) atoms. The fourth-order valence-corrected chi connectivity index (χ4v) is 2.79. The molecular formula is C18H13ClN2O2S. The summed E-state index contributed by atoms with van der Waals surface area (Å²) in [5.41, 5.74) is 2.24. The Morgan fingerprint density at radius 3 is 2.83 bits per heavy atom. The number of aromatic nitrogens is 1. The van der Waals surface area contributed by atoms with E-state index in [2.05, 4.69) is 22.1 Å². The molecule has 0 radical (unpaired) electrons. The van der Waals surface area contributed by atoms with Crippen LogP contribution in [-0.4, -0.2) is 23.2 Å². The summed E-state index contributed by atoms with van der Waals surface area (Å²) in [6.07, 6.45) is 0. The lowest BCUT2D eigenvalue weighted by molar-refractivity contribution is -0.118. The third-order valence-corrected chi connectivity index (χ3v) is 4.23. The molecule has 3 aromatic rings. The van der Waals surface area contributed by atoms with Crippen molar-refractivity contribution in [2.24, 2.45) is 0 Å². The number of fused-ring (bicyclic) bond motifs is 1. The number of benzene rings is 2. The average Bonchev–Trinajstić information content (AvgIpc) is 3.01. The second-order valence-electron chi connectivity index (χ2n) is 4.79. The zero-order valence-electron chi connectivity index (χ0n) is 12.6. The van der Waals surface area contributed by atoms with Gasteiger partial charge < -0.3 is 9.73 Å². The van der Waals surface area contributed by atoms with E-state index in [1.807, 2.05) is 42.5 Å². The Balaban J connectivity index is 1.47. The van der Waals surface area contributed by atoms with Gasteiger partial charge in [0.05, 0.1) is 17.3 Å². The Morgan fingerprint density at radius 1 is 1.21 bits per heavy atom. The zero-order chi connectivity index (χ0) is 16.8. The summed E-state index contributed by atoms with van der Waals surface area (Å²) in [5.74, 6) is 5.90. The molecule has 0 spiro atoms. The van der Waals surface area contributed by atoms with E-state index < -0.39 is 0 Å². The van der Waals surface area contributed by atoms with Gasteiger partial charge in [0.1, 0.15) is 5.52 Å². The number of halogens is 1. The molecule has 6 heteroatoms. The number of carbonyl (C=O) groups excluding carboxylic acids is 1. The Labute approximate surface area is 148 Å². The number of amides is 1. The topological polar surface area (TPSA) is 55.1 Å². The molecule has 0 atom stereocenters. The van der Waals surface area contributed by atoms with Crippen LogP contribution in [0.25, 0.3) is 11.1 Å². The van der Waals surface area contributed by atoms with Gasteiger partial charge in [0.25, 0.3) is 5.22 Å². The van der Waals surface area contributed by atoms with E-state index in [-0.39, 0.29) is 18.2 Å². The third-order valence-electron chi connectivity index (χ3n) is 3.07. The van der Waals surface area contributed by atoms with Crippen LogP contribution in [0.2, 0.25) is 5.02 Å². The van der Waals surface area contributed by atoms with Crippen LogP contribution in [0.3, 0.4) is 0 Å². The van der Waals surface area contributed by atoms with Crippen LogP contribution in [-0.2, 0) is 4.79 Å². The molecule has 0 saturated carbocycles. The molecule has 1 N–H and O–H groups in total. The first-order valence-corrected chi connectivity index (χ1v) is 8.57. The summed E-state index contributed by atoms with van der Waals surface area (Å²) in [5, 5.41) is 3.81. The monoisotopic (exact) mass is 356 g/mol. The van der Waals surface area contributed by atoms with E-state index in [1.54, 1.807) is 6.07 Å². The number of hydrogen-bond acceptors (Lipinski definition) is 4. The van der Waals surface area contributed by atoms with Crippen molar-refractivity contribution >= 4 is 40.4 Å². The van der Waals surface area contributed by atoms with Crippen molar-refractivity contribution in [2.75, 3.05) is 12.3 Å². The molecule has 0 aliphatic rings. The normalized spacial score (nSPS) is 10.2. The minimum Gasteiger partial charge on any atom is -0.431 e. The van der Waals surface area contributed by atoms with Gasteiger partial charge in [-0.1, -0.05) is 59.5 Å². The predicted octanol–water partition coefficient (Wildman–Crippen LogP) is 3.74. The minimum absolute atomic E-state index is 0.129. The maximum absolute atomic E-state index is 11.8. The van der Waals surface area contributed by atoms with Crippen LogP contribution < -0.4 is 5.32 Å². The van der Waals surface area contributed by atoms with E-state index in [0.29, 0.717) is 15.8 Å². The Bertz CT molecular complexity index is 894. The molecule has 1 amide bonds. The highest BCUT2D eigenvalue weighted by Crippen LogP contribution is 2.22. The van der Waals surface area contributed by atoms with E-state index in [9.17, 15) is 4.79 Å². The molecule has 0 unspecified atom stereocenters. The number of oxazole rings is 1. The highest BCUT2D eigenvalue weighted by molar-refractivity contribution is 7.99. The number of hydrogen-bond donors (Lipinski definition) is 1. The molecule has 120 valence electrons. The highest BCUT2D eigenvalue weighted by atomic mass is 35.5. The molecule has 4 nitrogen and oxygen atoms in total. The fraction of sp³-hybridized carbons (Fsp3) is 0.111. The second kappa shape index (κ2) is 7.91. The van der Waals surface area contributed by atoms with Crippen LogP contribution in [0, 0.1) is 11.8 Å². The molecule has 0 bridgehead atoms. The van der Waals surface area contributed by atoms with Gasteiger partial charge >= 0.3 is 0 Å². The molecule has 1 aromatic heterocycles. The molecule has 0 aliphatic heterocycles. The Morgan fingerprint density at radius 2 is 2.00 bits per heavy atom. The number of rotatable bonds is 4. The van der Waals surface area contributed by atoms with Crippen molar-refractivity contribution in [3.63, 3.8) is 0 Å². The lowest BCUT2D eigenvalue weighted by Gasteiger charge is -1.98. The molecule has 0 saturated heterocycles. The molecule has 3 rings (SSSR count). The lowest BCUT2D eigenvalue weighted by atomic mass is 10.2. The molecule has 0 fully saturated rings. The van der Waals surface area contributed by atoms with Crippen molar-refractivity contribution < 1.29 is 9.21 Å². The van der Waals surface area contributed by atoms with Crippen molar-refractivity contribution in [1.29, 1.82) is 0 Å². The first-order chi connectivity index (χ1) is 11.7. The molecule has 2 aromatic carbocycles. The number of para-hydroxylation sites is 2. The smallest absolute Gasteiger partial charge is 0.257 e. The van der Waals surface area contributed by atoms with Crippen LogP contribution >= 0.6 is 23.4 Å². The third kappa shape index (κ3) is 4.31. The van der Waals surface area contributed by atoms with Crippen molar-refractivity contribution in [3.05, 3.63) is 59.1 Å². The van der Waals surface area contributed by atoms with Gasteiger partial charge in [0, 0.05) is 5.56 Å². The largest absolute Gasteiger partial charge is 0.431 e. The number of nitrogens with one attached hydrogen (secondary N) is 1. The summed E-state index contributed by atoms with van der Waals surface area (Å²) >= 11 is 7.26. The van der Waals surface area contributed by atoms with E-state index in [4.69, 9.17) is 16.0 Å². The van der Waals surface area contributed by atoms with E-state index in [1.165, 1.54) is 11.8 Å². The van der Waals surface area contributed by atoms with Gasteiger partial charge in [-0.05, 0) is 24.3 Å². The minimum atomic E-state index is -0.129. The zero-order valence-corrected chi connectivity index (χ0v) is 14.2. The van der Waals surface area contributed by atoms with Gasteiger partial charge in [-0.3, -0.25) is 4.79 Å². The molecule has 0 aliphatic carbocycles. The van der Waals surface area contributed by atoms with Crippen molar-refractivity contribution in [1.82, 2.24) is 10.3 Å². The van der Waals surface area contributed by atoms with Gasteiger partial charge in [-0.15, -0.1) is 0 Å². The SMILES string of the molecule is O=C(CSc1nc2ccccc2o1)NCC#Cc1ccccc1Cl. The quantitative estimate of drug-likeness (QED) is 0.571.